The van der Waals surface area contributed by atoms with Crippen molar-refractivity contribution in [1.82, 2.24) is 10.2 Å². The zero-order valence-electron chi connectivity index (χ0n) is 13.4. The molecule has 1 amide bonds. The molecule has 2 saturated heterocycles. The topological polar surface area (TPSA) is 41.6 Å². The van der Waals surface area contributed by atoms with E-state index in [1.807, 2.05) is 24.3 Å². The number of unbranched alkanes of at least 4 members (excludes halogenated alkanes) is 1. The Labute approximate surface area is 132 Å². The van der Waals surface area contributed by atoms with Gasteiger partial charge in [-0.15, -0.1) is 0 Å². The van der Waals surface area contributed by atoms with Crippen molar-refractivity contribution in [3.05, 3.63) is 29.8 Å². The van der Waals surface area contributed by atoms with E-state index >= 15 is 0 Å². The molecule has 0 aromatic heterocycles. The number of amides is 1. The van der Waals surface area contributed by atoms with E-state index in [4.69, 9.17) is 4.74 Å². The van der Waals surface area contributed by atoms with Crippen LogP contribution in [0.15, 0.2) is 24.3 Å². The molecule has 3 rings (SSSR count). The summed E-state index contributed by atoms with van der Waals surface area (Å²) in [5.41, 5.74) is 0.779. The maximum absolute atomic E-state index is 12.8. The summed E-state index contributed by atoms with van der Waals surface area (Å²) in [4.78, 5) is 15.0. The van der Waals surface area contributed by atoms with Gasteiger partial charge in [0.2, 0.25) is 0 Å². The molecule has 2 atom stereocenters. The van der Waals surface area contributed by atoms with Crippen LogP contribution in [-0.4, -0.2) is 42.6 Å². The fourth-order valence-corrected chi connectivity index (χ4v) is 3.49. The number of nitrogens with one attached hydrogen (secondary N) is 1. The first-order valence-corrected chi connectivity index (χ1v) is 8.56. The summed E-state index contributed by atoms with van der Waals surface area (Å²) in [6.45, 7) is 4.84. The van der Waals surface area contributed by atoms with E-state index in [1.54, 1.807) is 0 Å². The van der Waals surface area contributed by atoms with Crippen molar-refractivity contribution >= 4 is 5.91 Å². The van der Waals surface area contributed by atoms with E-state index in [9.17, 15) is 4.79 Å². The number of carbonyl (C=O) groups is 1. The van der Waals surface area contributed by atoms with Crippen molar-refractivity contribution in [1.29, 1.82) is 0 Å². The molecule has 0 aliphatic carbocycles. The minimum absolute atomic E-state index is 0.177. The van der Waals surface area contributed by atoms with E-state index in [-0.39, 0.29) is 5.91 Å². The highest BCUT2D eigenvalue weighted by Crippen LogP contribution is 2.29. The summed E-state index contributed by atoms with van der Waals surface area (Å²) in [6.07, 6.45) is 5.53. The van der Waals surface area contributed by atoms with Crippen LogP contribution in [0.4, 0.5) is 0 Å². The third kappa shape index (κ3) is 3.27. The third-order valence-corrected chi connectivity index (χ3v) is 4.76. The number of hydrogen-bond donors (Lipinski definition) is 1. The van der Waals surface area contributed by atoms with Gasteiger partial charge in [-0.2, -0.15) is 0 Å². The second-order valence-corrected chi connectivity index (χ2v) is 6.32. The number of rotatable bonds is 5. The first-order valence-electron chi connectivity index (χ1n) is 8.56. The molecule has 2 bridgehead atoms. The summed E-state index contributed by atoms with van der Waals surface area (Å²) in [5.74, 6) is 1.03. The molecule has 2 heterocycles. The maximum atomic E-state index is 12.8. The Kier molecular flexibility index (Phi) is 4.98. The summed E-state index contributed by atoms with van der Waals surface area (Å²) in [7, 11) is 0. The molecular weight excluding hydrogens is 276 g/mol. The fourth-order valence-electron chi connectivity index (χ4n) is 3.49. The molecule has 0 saturated carbocycles. The summed E-state index contributed by atoms with van der Waals surface area (Å²) in [5, 5.41) is 3.44. The second-order valence-electron chi connectivity index (χ2n) is 6.32. The lowest BCUT2D eigenvalue weighted by Crippen LogP contribution is -2.42. The monoisotopic (exact) mass is 302 g/mol. The Morgan fingerprint density at radius 3 is 2.77 bits per heavy atom. The van der Waals surface area contributed by atoms with Gasteiger partial charge in [0, 0.05) is 24.2 Å². The van der Waals surface area contributed by atoms with Gasteiger partial charge in [-0.1, -0.05) is 13.3 Å². The number of hydrogen-bond acceptors (Lipinski definition) is 3. The van der Waals surface area contributed by atoms with Gasteiger partial charge in [-0.05, 0) is 56.5 Å². The lowest BCUT2D eigenvalue weighted by atomic mass is 10.1. The molecule has 1 aromatic carbocycles. The van der Waals surface area contributed by atoms with E-state index in [0.717, 1.165) is 63.1 Å². The van der Waals surface area contributed by atoms with Gasteiger partial charge in [0.05, 0.1) is 6.61 Å². The number of benzene rings is 1. The number of fused-ring (bicyclic) bond motifs is 2. The predicted octanol–water partition coefficient (Wildman–Crippen LogP) is 2.83. The summed E-state index contributed by atoms with van der Waals surface area (Å²) < 4.78 is 5.67. The van der Waals surface area contributed by atoms with Gasteiger partial charge >= 0.3 is 0 Å². The van der Waals surface area contributed by atoms with Crippen LogP contribution in [0.25, 0.3) is 0 Å². The standard InChI is InChI=1S/C18H26N2O2/c1-2-3-12-22-17-8-4-14(5-9-17)18(21)20-15-6-7-16(20)13-19-11-10-15/h4-5,8-9,15-16,19H,2-3,6-7,10-13H2,1H3. The van der Waals surface area contributed by atoms with Crippen LogP contribution in [0.1, 0.15) is 49.4 Å². The molecule has 2 aliphatic rings. The van der Waals surface area contributed by atoms with Crippen LogP contribution in [-0.2, 0) is 0 Å². The lowest BCUT2D eigenvalue weighted by molar-refractivity contribution is 0.0680. The number of carbonyl (C=O) groups excluding carboxylic acids is 1. The summed E-state index contributed by atoms with van der Waals surface area (Å²) >= 11 is 0. The highest BCUT2D eigenvalue weighted by Gasteiger charge is 2.38. The molecule has 2 aliphatic heterocycles. The van der Waals surface area contributed by atoms with E-state index in [0.29, 0.717) is 12.1 Å². The normalized spacial score (nSPS) is 24.1. The Morgan fingerprint density at radius 1 is 1.23 bits per heavy atom. The molecular formula is C18H26N2O2. The first-order chi connectivity index (χ1) is 10.8. The fraction of sp³-hybridized carbons (Fsp3) is 0.611. The zero-order chi connectivity index (χ0) is 15.4. The van der Waals surface area contributed by atoms with Gasteiger partial charge in [-0.25, -0.2) is 0 Å². The van der Waals surface area contributed by atoms with E-state index < -0.39 is 0 Å². The zero-order valence-corrected chi connectivity index (χ0v) is 13.4. The molecule has 1 N–H and O–H groups in total. The molecule has 22 heavy (non-hydrogen) atoms. The van der Waals surface area contributed by atoms with Crippen molar-refractivity contribution in [3.8, 4) is 5.75 Å². The average Bonchev–Trinajstić information content (AvgIpc) is 2.80. The molecule has 120 valence electrons. The lowest BCUT2D eigenvalue weighted by Gasteiger charge is -2.28. The Balaban J connectivity index is 1.67. The predicted molar refractivity (Wildman–Crippen MR) is 87.3 cm³/mol. The van der Waals surface area contributed by atoms with E-state index in [2.05, 4.69) is 17.1 Å². The largest absolute Gasteiger partial charge is 0.494 e. The van der Waals surface area contributed by atoms with Crippen LogP contribution in [0.5, 0.6) is 5.75 Å². The number of nitrogens with zero attached hydrogens (tertiary/aromatic N) is 1. The smallest absolute Gasteiger partial charge is 0.254 e. The van der Waals surface area contributed by atoms with Gasteiger partial charge in [0.15, 0.2) is 0 Å². The van der Waals surface area contributed by atoms with Crippen LogP contribution >= 0.6 is 0 Å². The van der Waals surface area contributed by atoms with Gasteiger partial charge < -0.3 is 15.0 Å². The molecule has 2 unspecified atom stereocenters. The SMILES string of the molecule is CCCCOc1ccc(C(=O)N2C3CCNCC2CC3)cc1. The minimum Gasteiger partial charge on any atom is -0.494 e. The molecule has 0 spiro atoms. The van der Waals surface area contributed by atoms with Crippen LogP contribution < -0.4 is 10.1 Å². The quantitative estimate of drug-likeness (QED) is 0.850. The average molecular weight is 302 g/mol. The summed E-state index contributed by atoms with van der Waals surface area (Å²) in [6, 6.07) is 8.42. The first kappa shape index (κ1) is 15.3. The Bertz CT molecular complexity index is 486. The van der Waals surface area contributed by atoms with Crippen LogP contribution in [0.2, 0.25) is 0 Å². The highest BCUT2D eigenvalue weighted by atomic mass is 16.5. The minimum atomic E-state index is 0.177. The van der Waals surface area contributed by atoms with E-state index in [1.165, 1.54) is 0 Å². The van der Waals surface area contributed by atoms with Gasteiger partial charge in [-0.3, -0.25) is 4.79 Å². The van der Waals surface area contributed by atoms with Crippen molar-refractivity contribution in [2.75, 3.05) is 19.7 Å². The Morgan fingerprint density at radius 2 is 2.00 bits per heavy atom. The maximum Gasteiger partial charge on any atom is 0.254 e. The molecule has 1 aromatic rings. The number of ether oxygens (including phenoxy) is 1. The van der Waals surface area contributed by atoms with Crippen molar-refractivity contribution in [2.45, 2.75) is 51.1 Å². The highest BCUT2D eigenvalue weighted by molar-refractivity contribution is 5.95. The molecule has 4 nitrogen and oxygen atoms in total. The third-order valence-electron chi connectivity index (χ3n) is 4.76. The molecule has 4 heteroatoms. The molecule has 0 radical (unpaired) electrons. The van der Waals surface area contributed by atoms with Crippen molar-refractivity contribution < 1.29 is 9.53 Å². The molecule has 2 fully saturated rings. The van der Waals surface area contributed by atoms with Gasteiger partial charge in [0.1, 0.15) is 5.75 Å². The van der Waals surface area contributed by atoms with Crippen molar-refractivity contribution in [3.63, 3.8) is 0 Å². The van der Waals surface area contributed by atoms with Crippen LogP contribution in [0.3, 0.4) is 0 Å². The van der Waals surface area contributed by atoms with Gasteiger partial charge in [0.25, 0.3) is 5.91 Å². The second kappa shape index (κ2) is 7.14. The van der Waals surface area contributed by atoms with Crippen LogP contribution in [0, 0.1) is 0 Å². The Hall–Kier alpha value is -1.55. The van der Waals surface area contributed by atoms with Crippen molar-refractivity contribution in [2.24, 2.45) is 0 Å².